The average molecular weight is 438 g/mol. The monoisotopic (exact) mass is 437 g/mol. The summed E-state index contributed by atoms with van der Waals surface area (Å²) in [4.78, 5) is 20.8. The number of rotatable bonds is 7. The largest absolute Gasteiger partial charge is 0.379 e. The molecule has 1 aliphatic rings. The molecule has 0 spiro atoms. The third kappa shape index (κ3) is 5.70. The molecule has 1 saturated heterocycles. The van der Waals surface area contributed by atoms with Crippen LogP contribution in [0.5, 0.6) is 0 Å². The lowest BCUT2D eigenvalue weighted by Crippen LogP contribution is -2.43. The summed E-state index contributed by atoms with van der Waals surface area (Å²) in [5.74, 6) is -0.446. The molecule has 1 aromatic heterocycles. The van der Waals surface area contributed by atoms with E-state index in [2.05, 4.69) is 15.2 Å². The standard InChI is InChI=1S/C24H24FN3O2S/c25-19-10-8-18(9-11-19)22(28-13-15-30-16-14-28)17-27-23(29)21-7-4-12-26-24(21)31-20-5-2-1-3-6-20/h1-12,22H,13-17H2,(H,27,29)/t22-/m1/s1. The van der Waals surface area contributed by atoms with Gasteiger partial charge in [-0.05, 0) is 42.0 Å². The number of carbonyl (C=O) groups excluding carboxylic acids is 1. The quantitative estimate of drug-likeness (QED) is 0.601. The van der Waals surface area contributed by atoms with Crippen LogP contribution in [0, 0.1) is 5.82 Å². The van der Waals surface area contributed by atoms with Crippen LogP contribution >= 0.6 is 11.8 Å². The number of morpholine rings is 1. The summed E-state index contributed by atoms with van der Waals surface area (Å²) >= 11 is 1.46. The zero-order valence-corrected chi connectivity index (χ0v) is 17.9. The lowest BCUT2D eigenvalue weighted by molar-refractivity contribution is 0.0162. The maximum atomic E-state index is 13.4. The van der Waals surface area contributed by atoms with Crippen LogP contribution in [0.25, 0.3) is 0 Å². The first-order valence-electron chi connectivity index (χ1n) is 10.2. The van der Waals surface area contributed by atoms with Crippen LogP contribution in [0.3, 0.4) is 0 Å². The molecule has 7 heteroatoms. The summed E-state index contributed by atoms with van der Waals surface area (Å²) in [6, 6.07) is 19.8. The molecule has 4 rings (SSSR count). The summed E-state index contributed by atoms with van der Waals surface area (Å²) in [6.07, 6.45) is 1.69. The number of nitrogens with zero attached hydrogens (tertiary/aromatic N) is 2. The van der Waals surface area contributed by atoms with Gasteiger partial charge in [-0.2, -0.15) is 0 Å². The van der Waals surface area contributed by atoms with E-state index < -0.39 is 0 Å². The van der Waals surface area contributed by atoms with Crippen molar-refractivity contribution < 1.29 is 13.9 Å². The molecular formula is C24H24FN3O2S. The molecule has 1 N–H and O–H groups in total. The summed E-state index contributed by atoms with van der Waals surface area (Å²) in [5.41, 5.74) is 1.50. The van der Waals surface area contributed by atoms with Crippen molar-refractivity contribution in [2.75, 3.05) is 32.8 Å². The van der Waals surface area contributed by atoms with Gasteiger partial charge >= 0.3 is 0 Å². The first kappa shape index (κ1) is 21.5. The van der Waals surface area contributed by atoms with Gasteiger partial charge in [0.1, 0.15) is 10.8 Å². The Balaban J connectivity index is 1.49. The molecule has 3 aromatic rings. The number of amides is 1. The Bertz CT molecular complexity index is 995. The molecule has 1 fully saturated rings. The van der Waals surface area contributed by atoms with E-state index in [1.54, 1.807) is 30.5 Å². The number of carbonyl (C=O) groups is 1. The predicted molar refractivity (Wildman–Crippen MR) is 119 cm³/mol. The van der Waals surface area contributed by atoms with Gasteiger partial charge in [0.05, 0.1) is 24.8 Å². The number of halogens is 1. The molecular weight excluding hydrogens is 413 g/mol. The van der Waals surface area contributed by atoms with Crippen molar-refractivity contribution in [3.05, 3.63) is 89.9 Å². The lowest BCUT2D eigenvalue weighted by atomic mass is 10.0. The number of benzene rings is 2. The first-order valence-corrected chi connectivity index (χ1v) is 11.1. The van der Waals surface area contributed by atoms with Gasteiger partial charge < -0.3 is 10.1 Å². The molecule has 2 heterocycles. The molecule has 2 aromatic carbocycles. The second-order valence-electron chi connectivity index (χ2n) is 7.20. The number of ether oxygens (including phenoxy) is 1. The third-order valence-corrected chi connectivity index (χ3v) is 6.20. The Morgan fingerprint density at radius 1 is 1.06 bits per heavy atom. The van der Waals surface area contributed by atoms with Crippen molar-refractivity contribution in [1.82, 2.24) is 15.2 Å². The number of aromatic nitrogens is 1. The van der Waals surface area contributed by atoms with E-state index in [1.165, 1.54) is 23.9 Å². The van der Waals surface area contributed by atoms with Crippen molar-refractivity contribution in [3.63, 3.8) is 0 Å². The predicted octanol–water partition coefficient (Wildman–Crippen LogP) is 4.18. The van der Waals surface area contributed by atoms with Crippen LogP contribution in [0.2, 0.25) is 0 Å². The Morgan fingerprint density at radius 2 is 1.81 bits per heavy atom. The van der Waals surface area contributed by atoms with Crippen molar-refractivity contribution in [2.24, 2.45) is 0 Å². The SMILES string of the molecule is O=C(NC[C@H](c1ccc(F)cc1)N1CCOCC1)c1cccnc1Sc1ccccc1. The normalized spacial score (nSPS) is 15.4. The van der Waals surface area contributed by atoms with Gasteiger partial charge in [-0.1, -0.05) is 42.1 Å². The molecule has 0 radical (unpaired) electrons. The van der Waals surface area contributed by atoms with Crippen LogP contribution in [0.1, 0.15) is 22.0 Å². The molecule has 1 atom stereocenters. The van der Waals surface area contributed by atoms with Crippen LogP contribution in [-0.2, 0) is 4.74 Å². The highest BCUT2D eigenvalue weighted by Gasteiger charge is 2.24. The number of hydrogen-bond acceptors (Lipinski definition) is 5. The molecule has 1 amide bonds. The molecule has 1 aliphatic heterocycles. The number of hydrogen-bond donors (Lipinski definition) is 1. The fourth-order valence-electron chi connectivity index (χ4n) is 3.56. The van der Waals surface area contributed by atoms with E-state index in [0.717, 1.165) is 23.5 Å². The van der Waals surface area contributed by atoms with Gasteiger partial charge in [0, 0.05) is 30.7 Å². The minimum Gasteiger partial charge on any atom is -0.379 e. The van der Waals surface area contributed by atoms with Gasteiger partial charge in [-0.3, -0.25) is 9.69 Å². The highest BCUT2D eigenvalue weighted by molar-refractivity contribution is 7.99. The summed E-state index contributed by atoms with van der Waals surface area (Å²) in [5, 5.41) is 3.73. The number of pyridine rings is 1. The van der Waals surface area contributed by atoms with Gasteiger partial charge in [-0.25, -0.2) is 9.37 Å². The topological polar surface area (TPSA) is 54.5 Å². The summed E-state index contributed by atoms with van der Waals surface area (Å²) in [6.45, 7) is 3.23. The molecule has 0 bridgehead atoms. The zero-order valence-electron chi connectivity index (χ0n) is 17.0. The number of nitrogens with one attached hydrogen (secondary N) is 1. The van der Waals surface area contributed by atoms with Crippen molar-refractivity contribution >= 4 is 17.7 Å². The van der Waals surface area contributed by atoms with Gasteiger partial charge in [0.15, 0.2) is 0 Å². The van der Waals surface area contributed by atoms with Crippen molar-refractivity contribution in [1.29, 1.82) is 0 Å². The Labute approximate surface area is 185 Å². The van der Waals surface area contributed by atoms with Crippen LogP contribution in [0.15, 0.2) is 82.8 Å². The smallest absolute Gasteiger partial charge is 0.254 e. The molecule has 0 saturated carbocycles. The molecule has 0 unspecified atom stereocenters. The van der Waals surface area contributed by atoms with Crippen molar-refractivity contribution in [2.45, 2.75) is 16.0 Å². The van der Waals surface area contributed by atoms with Crippen molar-refractivity contribution in [3.8, 4) is 0 Å². The average Bonchev–Trinajstić information content (AvgIpc) is 2.82. The van der Waals surface area contributed by atoms with Crippen LogP contribution in [0.4, 0.5) is 4.39 Å². The van der Waals surface area contributed by atoms with Gasteiger partial charge in [0.2, 0.25) is 0 Å². The minimum absolute atomic E-state index is 0.0599. The highest BCUT2D eigenvalue weighted by Crippen LogP contribution is 2.28. The molecule has 31 heavy (non-hydrogen) atoms. The van der Waals surface area contributed by atoms with E-state index in [-0.39, 0.29) is 17.8 Å². The van der Waals surface area contributed by atoms with Crippen LogP contribution < -0.4 is 5.32 Å². The Kier molecular flexibility index (Phi) is 7.30. The Hall–Kier alpha value is -2.74. The second-order valence-corrected chi connectivity index (χ2v) is 8.26. The van der Waals surface area contributed by atoms with Gasteiger partial charge in [-0.15, -0.1) is 0 Å². The van der Waals surface area contributed by atoms with E-state index in [0.29, 0.717) is 30.3 Å². The maximum absolute atomic E-state index is 13.4. The van der Waals surface area contributed by atoms with Crippen LogP contribution in [-0.4, -0.2) is 48.6 Å². The Morgan fingerprint density at radius 3 is 2.55 bits per heavy atom. The van der Waals surface area contributed by atoms with E-state index in [1.807, 2.05) is 30.3 Å². The summed E-state index contributed by atoms with van der Waals surface area (Å²) < 4.78 is 18.9. The lowest BCUT2D eigenvalue weighted by Gasteiger charge is -2.35. The molecule has 160 valence electrons. The summed E-state index contributed by atoms with van der Waals surface area (Å²) in [7, 11) is 0. The fraction of sp³-hybridized carbons (Fsp3) is 0.250. The highest BCUT2D eigenvalue weighted by atomic mass is 32.2. The third-order valence-electron chi connectivity index (χ3n) is 5.17. The first-order chi connectivity index (χ1) is 15.2. The minimum atomic E-state index is -0.272. The molecule has 5 nitrogen and oxygen atoms in total. The fourth-order valence-corrected chi connectivity index (χ4v) is 4.46. The molecule has 0 aliphatic carbocycles. The zero-order chi connectivity index (χ0) is 21.5. The van der Waals surface area contributed by atoms with E-state index in [9.17, 15) is 9.18 Å². The maximum Gasteiger partial charge on any atom is 0.254 e. The van der Waals surface area contributed by atoms with Gasteiger partial charge in [0.25, 0.3) is 5.91 Å². The van der Waals surface area contributed by atoms with E-state index in [4.69, 9.17) is 4.74 Å². The second kappa shape index (κ2) is 10.5. The van der Waals surface area contributed by atoms with E-state index >= 15 is 0 Å².